The number of halogens is 1. The van der Waals surface area contributed by atoms with Gasteiger partial charge in [0.15, 0.2) is 0 Å². The summed E-state index contributed by atoms with van der Waals surface area (Å²) < 4.78 is 1.95. The number of nitrogens with zero attached hydrogens (tertiary/aromatic N) is 2. The topological polar surface area (TPSA) is 84.0 Å². The van der Waals surface area contributed by atoms with Gasteiger partial charge in [-0.3, -0.25) is 10.1 Å². The summed E-state index contributed by atoms with van der Waals surface area (Å²) in [5.41, 5.74) is 1.94. The van der Waals surface area contributed by atoms with Crippen molar-refractivity contribution in [2.45, 2.75) is 24.1 Å². The second-order valence-electron chi connectivity index (χ2n) is 5.62. The average Bonchev–Trinajstić information content (AvgIpc) is 3.07. The molecular formula is C18H17BrN4O2S2. The number of carbonyl (C=O) groups is 2. The number of amides is 3. The molecule has 1 atom stereocenters. The van der Waals surface area contributed by atoms with E-state index >= 15 is 0 Å². The number of nitrogens with one attached hydrogen (secondary N) is 2. The van der Waals surface area contributed by atoms with Gasteiger partial charge in [0.05, 0.1) is 15.5 Å². The Labute approximate surface area is 173 Å². The van der Waals surface area contributed by atoms with Crippen LogP contribution in [-0.2, 0) is 4.79 Å². The van der Waals surface area contributed by atoms with Gasteiger partial charge in [-0.15, -0.1) is 11.3 Å². The fourth-order valence-electron chi connectivity index (χ4n) is 2.31. The Balaban J connectivity index is 1.81. The predicted molar refractivity (Wildman–Crippen MR) is 113 cm³/mol. The highest BCUT2D eigenvalue weighted by Gasteiger charge is 2.20. The molecule has 2 N–H and O–H groups in total. The van der Waals surface area contributed by atoms with E-state index in [1.807, 2.05) is 30.3 Å². The van der Waals surface area contributed by atoms with Gasteiger partial charge in [0.25, 0.3) is 0 Å². The van der Waals surface area contributed by atoms with E-state index in [9.17, 15) is 9.59 Å². The first kappa shape index (κ1) is 19.8. The van der Waals surface area contributed by atoms with Crippen molar-refractivity contribution in [3.8, 4) is 10.4 Å². The Morgan fingerprint density at radius 2 is 2.00 bits per heavy atom. The Morgan fingerprint density at radius 3 is 2.70 bits per heavy atom. The Kier molecular flexibility index (Phi) is 6.46. The SMILES string of the molecule is CCNC(=O)NC(=O)[C@@H](C)Sc1ncnc2cc(-c3ccc(Br)cc3)sc12. The Bertz CT molecular complexity index is 975. The average molecular weight is 465 g/mol. The van der Waals surface area contributed by atoms with E-state index in [1.165, 1.54) is 18.1 Å². The van der Waals surface area contributed by atoms with Crippen LogP contribution >= 0.6 is 39.0 Å². The second-order valence-corrected chi connectivity index (χ2v) is 8.92. The van der Waals surface area contributed by atoms with Crippen molar-refractivity contribution in [3.63, 3.8) is 0 Å². The molecule has 3 aromatic rings. The third-order valence-electron chi connectivity index (χ3n) is 3.64. The lowest BCUT2D eigenvalue weighted by molar-refractivity contribution is -0.119. The molecule has 9 heteroatoms. The minimum atomic E-state index is -0.489. The molecule has 0 radical (unpaired) electrons. The van der Waals surface area contributed by atoms with Crippen molar-refractivity contribution in [3.05, 3.63) is 41.1 Å². The summed E-state index contributed by atoms with van der Waals surface area (Å²) in [6.07, 6.45) is 1.50. The highest BCUT2D eigenvalue weighted by molar-refractivity contribution is 9.10. The van der Waals surface area contributed by atoms with Gasteiger partial charge < -0.3 is 5.32 Å². The zero-order valence-electron chi connectivity index (χ0n) is 14.7. The van der Waals surface area contributed by atoms with Crippen LogP contribution in [-0.4, -0.2) is 33.7 Å². The third kappa shape index (κ3) is 4.85. The summed E-state index contributed by atoms with van der Waals surface area (Å²) in [6.45, 7) is 4.00. The lowest BCUT2D eigenvalue weighted by Crippen LogP contribution is -2.42. The minimum Gasteiger partial charge on any atom is -0.338 e. The fourth-order valence-corrected chi connectivity index (χ4v) is 4.67. The van der Waals surface area contributed by atoms with Crippen LogP contribution in [0.4, 0.5) is 4.79 Å². The molecule has 0 saturated heterocycles. The summed E-state index contributed by atoms with van der Waals surface area (Å²) in [4.78, 5) is 33.5. The van der Waals surface area contributed by atoms with Crippen LogP contribution in [0, 0.1) is 0 Å². The zero-order chi connectivity index (χ0) is 19.4. The maximum atomic E-state index is 12.2. The van der Waals surface area contributed by atoms with Gasteiger partial charge >= 0.3 is 6.03 Å². The number of fused-ring (bicyclic) bond motifs is 1. The lowest BCUT2D eigenvalue weighted by atomic mass is 10.2. The molecule has 2 heterocycles. The maximum absolute atomic E-state index is 12.2. The highest BCUT2D eigenvalue weighted by Crippen LogP contribution is 2.38. The standard InChI is InChI=1S/C18H17BrN4O2S2/c1-3-20-18(25)23-16(24)10(2)26-17-15-13(21-9-22-17)8-14(27-15)11-4-6-12(19)7-5-11/h4-10H,3H2,1-2H3,(H2,20,23,24,25)/t10-/m1/s1. The first-order valence-corrected chi connectivity index (χ1v) is 10.7. The number of benzene rings is 1. The second kappa shape index (κ2) is 8.81. The molecule has 0 aliphatic carbocycles. The number of thioether (sulfide) groups is 1. The summed E-state index contributed by atoms with van der Waals surface area (Å²) in [5.74, 6) is -0.359. The van der Waals surface area contributed by atoms with Crippen LogP contribution in [0.25, 0.3) is 20.7 Å². The number of urea groups is 1. The molecule has 0 saturated carbocycles. The summed E-state index contributed by atoms with van der Waals surface area (Å²) in [6, 6.07) is 9.60. The maximum Gasteiger partial charge on any atom is 0.321 e. The van der Waals surface area contributed by atoms with Crippen molar-refractivity contribution in [1.82, 2.24) is 20.6 Å². The fraction of sp³-hybridized carbons (Fsp3) is 0.222. The highest BCUT2D eigenvalue weighted by atomic mass is 79.9. The summed E-state index contributed by atoms with van der Waals surface area (Å²) >= 11 is 6.34. The zero-order valence-corrected chi connectivity index (χ0v) is 17.9. The molecule has 0 bridgehead atoms. The molecule has 27 heavy (non-hydrogen) atoms. The van der Waals surface area contributed by atoms with Crippen LogP contribution in [0.5, 0.6) is 0 Å². The monoisotopic (exact) mass is 464 g/mol. The third-order valence-corrected chi connectivity index (χ3v) is 6.58. The van der Waals surface area contributed by atoms with Crippen LogP contribution in [0.15, 0.2) is 46.2 Å². The molecule has 0 aliphatic rings. The molecule has 6 nitrogen and oxygen atoms in total. The molecule has 0 aliphatic heterocycles. The molecule has 140 valence electrons. The lowest BCUT2D eigenvalue weighted by Gasteiger charge is -2.11. The van der Waals surface area contributed by atoms with Crippen LogP contribution in [0.1, 0.15) is 13.8 Å². The van der Waals surface area contributed by atoms with Gasteiger partial charge in [-0.05, 0) is 37.6 Å². The van der Waals surface area contributed by atoms with Crippen LogP contribution < -0.4 is 10.6 Å². The van der Waals surface area contributed by atoms with Crippen molar-refractivity contribution < 1.29 is 9.59 Å². The van der Waals surface area contributed by atoms with E-state index in [4.69, 9.17) is 0 Å². The van der Waals surface area contributed by atoms with Crippen molar-refractivity contribution in [2.75, 3.05) is 6.54 Å². The molecule has 0 spiro atoms. The van der Waals surface area contributed by atoms with E-state index in [0.29, 0.717) is 6.54 Å². The molecule has 0 unspecified atom stereocenters. The molecule has 3 amide bonds. The van der Waals surface area contributed by atoms with E-state index in [2.05, 4.69) is 36.5 Å². The van der Waals surface area contributed by atoms with Gasteiger partial charge in [-0.2, -0.15) is 0 Å². The van der Waals surface area contributed by atoms with Gasteiger partial charge in [0.2, 0.25) is 5.91 Å². The molecule has 3 rings (SSSR count). The largest absolute Gasteiger partial charge is 0.338 e. The first-order chi connectivity index (χ1) is 13.0. The number of carbonyl (C=O) groups excluding carboxylic acids is 2. The number of aromatic nitrogens is 2. The summed E-state index contributed by atoms with van der Waals surface area (Å²) in [5, 5.41) is 5.13. The predicted octanol–water partition coefficient (Wildman–Crippen LogP) is 4.45. The van der Waals surface area contributed by atoms with Gasteiger partial charge in [0, 0.05) is 15.9 Å². The van der Waals surface area contributed by atoms with Gasteiger partial charge in [-0.25, -0.2) is 14.8 Å². The van der Waals surface area contributed by atoms with Crippen LogP contribution in [0.2, 0.25) is 0 Å². The van der Waals surface area contributed by atoms with Crippen molar-refractivity contribution in [2.24, 2.45) is 0 Å². The summed E-state index contributed by atoms with van der Waals surface area (Å²) in [7, 11) is 0. The number of rotatable bonds is 5. The number of hydrogen-bond acceptors (Lipinski definition) is 6. The molecular weight excluding hydrogens is 448 g/mol. The van der Waals surface area contributed by atoms with Gasteiger partial charge in [0.1, 0.15) is 11.4 Å². The number of imide groups is 1. The minimum absolute atomic E-state index is 0.359. The quantitative estimate of drug-likeness (QED) is 0.430. The number of thiophene rings is 1. The Hall–Kier alpha value is -1.97. The molecule has 0 fully saturated rings. The first-order valence-electron chi connectivity index (χ1n) is 8.23. The van der Waals surface area contributed by atoms with Crippen molar-refractivity contribution >= 4 is 61.2 Å². The normalized spacial score (nSPS) is 12.0. The van der Waals surface area contributed by atoms with Gasteiger partial charge in [-0.1, -0.05) is 39.8 Å². The van der Waals surface area contributed by atoms with E-state index in [-0.39, 0.29) is 5.91 Å². The van der Waals surface area contributed by atoms with Crippen LogP contribution in [0.3, 0.4) is 0 Å². The number of hydrogen-bond donors (Lipinski definition) is 2. The molecule has 1 aromatic carbocycles. The van der Waals surface area contributed by atoms with Crippen molar-refractivity contribution in [1.29, 1.82) is 0 Å². The van der Waals surface area contributed by atoms with E-state index in [1.54, 1.807) is 25.2 Å². The Morgan fingerprint density at radius 1 is 1.26 bits per heavy atom. The smallest absolute Gasteiger partial charge is 0.321 e. The van der Waals surface area contributed by atoms with E-state index < -0.39 is 11.3 Å². The van der Waals surface area contributed by atoms with E-state index in [0.717, 1.165) is 30.2 Å². The molecule has 2 aromatic heterocycles.